The Hall–Kier alpha value is -1.62. The molecule has 2 bridgehead atoms. The third-order valence-electron chi connectivity index (χ3n) is 6.69. The first-order valence-corrected chi connectivity index (χ1v) is 10.3. The molecule has 0 N–H and O–H groups in total. The molecule has 3 saturated heterocycles. The van der Waals surface area contributed by atoms with Gasteiger partial charge in [0.15, 0.2) is 0 Å². The Balaban J connectivity index is 1.44. The molecule has 0 spiro atoms. The van der Waals surface area contributed by atoms with E-state index in [9.17, 15) is 9.59 Å². The van der Waals surface area contributed by atoms with Crippen LogP contribution in [0.2, 0.25) is 0 Å². The molecule has 3 fully saturated rings. The molecule has 0 radical (unpaired) electrons. The Morgan fingerprint density at radius 2 is 2.08 bits per heavy atom. The van der Waals surface area contributed by atoms with Crippen molar-refractivity contribution in [3.8, 4) is 0 Å². The van der Waals surface area contributed by atoms with E-state index in [1.165, 1.54) is 49.2 Å². The summed E-state index contributed by atoms with van der Waals surface area (Å²) in [4.78, 5) is 29.6. The van der Waals surface area contributed by atoms with Crippen LogP contribution in [0, 0.1) is 11.8 Å². The van der Waals surface area contributed by atoms with Crippen LogP contribution in [-0.2, 0) is 11.3 Å². The van der Waals surface area contributed by atoms with Gasteiger partial charge in [0.1, 0.15) is 6.54 Å². The van der Waals surface area contributed by atoms with Crippen molar-refractivity contribution in [1.82, 2.24) is 14.4 Å². The van der Waals surface area contributed by atoms with E-state index in [1.54, 1.807) is 12.3 Å². The lowest BCUT2D eigenvalue weighted by Crippen LogP contribution is -2.62. The maximum absolute atomic E-state index is 12.8. The Kier molecular flexibility index (Phi) is 5.16. The minimum Gasteiger partial charge on any atom is -0.340 e. The standard InChI is InChI=1S/C21H31N3O2/c1-2-6-18-7-5-8-19-17-11-16(13-24(18)19)12-23(14-17)21(26)15-22-10-4-3-9-20(22)25/h3-4,9-10,16-19H,2,5-8,11-15H2,1H3/t16-,17+,18-,19-/m0/s1. The smallest absolute Gasteiger partial charge is 0.250 e. The lowest BCUT2D eigenvalue weighted by atomic mass is 9.74. The number of rotatable bonds is 4. The summed E-state index contributed by atoms with van der Waals surface area (Å²) in [7, 11) is 0. The van der Waals surface area contributed by atoms with Gasteiger partial charge in [0.05, 0.1) is 0 Å². The molecule has 3 aliphatic heterocycles. The SMILES string of the molecule is CCC[C@H]1CCC[C@H]2[C@@H]3C[C@@H](CN(C(=O)Cn4ccccc4=O)C3)CN12. The number of amides is 1. The van der Waals surface area contributed by atoms with Crippen LogP contribution in [-0.4, -0.2) is 52.0 Å². The monoisotopic (exact) mass is 357 g/mol. The van der Waals surface area contributed by atoms with Crippen LogP contribution >= 0.6 is 0 Å². The number of aromatic nitrogens is 1. The minimum atomic E-state index is -0.0982. The Morgan fingerprint density at radius 1 is 1.19 bits per heavy atom. The van der Waals surface area contributed by atoms with Crippen LogP contribution < -0.4 is 5.56 Å². The van der Waals surface area contributed by atoms with E-state index in [-0.39, 0.29) is 18.0 Å². The average molecular weight is 357 g/mol. The van der Waals surface area contributed by atoms with E-state index in [4.69, 9.17) is 0 Å². The molecule has 0 aliphatic carbocycles. The van der Waals surface area contributed by atoms with Crippen molar-refractivity contribution < 1.29 is 4.79 Å². The number of likely N-dealkylation sites (tertiary alicyclic amines) is 1. The van der Waals surface area contributed by atoms with E-state index < -0.39 is 0 Å². The maximum atomic E-state index is 12.8. The molecule has 4 atom stereocenters. The lowest BCUT2D eigenvalue weighted by molar-refractivity contribution is -0.139. The van der Waals surface area contributed by atoms with Crippen LogP contribution in [0.4, 0.5) is 0 Å². The van der Waals surface area contributed by atoms with Crippen LogP contribution in [0.5, 0.6) is 0 Å². The van der Waals surface area contributed by atoms with Crippen LogP contribution in [0.15, 0.2) is 29.2 Å². The zero-order chi connectivity index (χ0) is 18.1. The Morgan fingerprint density at radius 3 is 2.88 bits per heavy atom. The van der Waals surface area contributed by atoms with E-state index >= 15 is 0 Å². The van der Waals surface area contributed by atoms with Gasteiger partial charge in [-0.15, -0.1) is 0 Å². The second-order valence-electron chi connectivity index (χ2n) is 8.46. The molecule has 5 nitrogen and oxygen atoms in total. The predicted molar refractivity (Wildman–Crippen MR) is 102 cm³/mol. The highest BCUT2D eigenvalue weighted by Gasteiger charge is 2.45. The number of hydrogen-bond acceptors (Lipinski definition) is 3. The number of carbonyl (C=O) groups excluding carboxylic acids is 1. The number of carbonyl (C=O) groups is 1. The molecular formula is C21H31N3O2. The van der Waals surface area contributed by atoms with Crippen molar-refractivity contribution in [2.24, 2.45) is 11.8 Å². The molecule has 0 unspecified atom stereocenters. The van der Waals surface area contributed by atoms with Crippen LogP contribution in [0.3, 0.4) is 0 Å². The summed E-state index contributed by atoms with van der Waals surface area (Å²) in [5.41, 5.74) is -0.0982. The topological polar surface area (TPSA) is 45.6 Å². The molecule has 4 rings (SSSR count). The van der Waals surface area contributed by atoms with E-state index in [0.717, 1.165) is 25.7 Å². The van der Waals surface area contributed by atoms with E-state index in [1.807, 2.05) is 11.0 Å². The second kappa shape index (κ2) is 7.55. The highest BCUT2D eigenvalue weighted by Crippen LogP contribution is 2.40. The van der Waals surface area contributed by atoms with Gasteiger partial charge in [-0.25, -0.2) is 0 Å². The van der Waals surface area contributed by atoms with Crippen LogP contribution in [0.25, 0.3) is 0 Å². The summed E-state index contributed by atoms with van der Waals surface area (Å²) in [6.07, 6.45) is 9.54. The van der Waals surface area contributed by atoms with E-state index in [0.29, 0.717) is 17.9 Å². The fraction of sp³-hybridized carbons (Fsp3) is 0.714. The largest absolute Gasteiger partial charge is 0.340 e. The molecule has 26 heavy (non-hydrogen) atoms. The summed E-state index contributed by atoms with van der Waals surface area (Å²) >= 11 is 0. The highest BCUT2D eigenvalue weighted by molar-refractivity contribution is 5.76. The van der Waals surface area contributed by atoms with Crippen LogP contribution in [0.1, 0.15) is 45.4 Å². The Labute approximate surface area is 156 Å². The summed E-state index contributed by atoms with van der Waals surface area (Å²) in [5, 5.41) is 0. The highest BCUT2D eigenvalue weighted by atomic mass is 16.2. The summed E-state index contributed by atoms with van der Waals surface area (Å²) in [6.45, 7) is 5.35. The van der Waals surface area contributed by atoms with Gasteiger partial charge in [-0.05, 0) is 43.6 Å². The fourth-order valence-corrected chi connectivity index (χ4v) is 5.60. The number of hydrogen-bond donors (Lipinski definition) is 0. The molecular weight excluding hydrogens is 326 g/mol. The lowest BCUT2D eigenvalue weighted by Gasteiger charge is -2.55. The van der Waals surface area contributed by atoms with Gasteiger partial charge in [0, 0.05) is 44.0 Å². The minimum absolute atomic E-state index is 0.0982. The molecule has 4 heterocycles. The van der Waals surface area contributed by atoms with Crippen molar-refractivity contribution in [1.29, 1.82) is 0 Å². The van der Waals surface area contributed by atoms with Gasteiger partial charge in [-0.1, -0.05) is 25.8 Å². The second-order valence-corrected chi connectivity index (χ2v) is 8.46. The first kappa shape index (κ1) is 17.8. The van der Waals surface area contributed by atoms with Gasteiger partial charge in [-0.2, -0.15) is 0 Å². The normalized spacial score (nSPS) is 31.5. The zero-order valence-electron chi connectivity index (χ0n) is 15.8. The molecule has 3 aliphatic rings. The number of nitrogens with zero attached hydrogens (tertiary/aromatic N) is 3. The van der Waals surface area contributed by atoms with Gasteiger partial charge in [-0.3, -0.25) is 14.5 Å². The van der Waals surface area contributed by atoms with Gasteiger partial charge >= 0.3 is 0 Å². The average Bonchev–Trinajstić information content (AvgIpc) is 2.64. The van der Waals surface area contributed by atoms with Crippen molar-refractivity contribution in [3.63, 3.8) is 0 Å². The molecule has 1 amide bonds. The van der Waals surface area contributed by atoms with E-state index in [2.05, 4.69) is 11.8 Å². The fourth-order valence-electron chi connectivity index (χ4n) is 5.60. The van der Waals surface area contributed by atoms with Crippen molar-refractivity contribution >= 4 is 5.91 Å². The molecule has 1 aromatic rings. The summed E-state index contributed by atoms with van der Waals surface area (Å²) < 4.78 is 1.52. The quantitative estimate of drug-likeness (QED) is 0.831. The van der Waals surface area contributed by atoms with Gasteiger partial charge in [0.25, 0.3) is 5.56 Å². The summed E-state index contributed by atoms with van der Waals surface area (Å²) in [6, 6.07) is 6.47. The van der Waals surface area contributed by atoms with Gasteiger partial charge in [0.2, 0.25) is 5.91 Å². The first-order valence-electron chi connectivity index (χ1n) is 10.3. The third kappa shape index (κ3) is 3.46. The zero-order valence-corrected chi connectivity index (χ0v) is 15.8. The molecule has 1 aromatic heterocycles. The predicted octanol–water partition coefficient (Wildman–Crippen LogP) is 2.35. The van der Waals surface area contributed by atoms with Crippen molar-refractivity contribution in [2.75, 3.05) is 19.6 Å². The number of piperidine rings is 3. The van der Waals surface area contributed by atoms with Crippen molar-refractivity contribution in [3.05, 3.63) is 34.7 Å². The number of pyridine rings is 1. The Bertz CT molecular complexity index is 698. The maximum Gasteiger partial charge on any atom is 0.250 e. The van der Waals surface area contributed by atoms with Crippen molar-refractivity contribution in [2.45, 2.75) is 64.1 Å². The molecule has 0 saturated carbocycles. The first-order chi connectivity index (χ1) is 12.7. The molecule has 0 aromatic carbocycles. The molecule has 142 valence electrons. The third-order valence-corrected chi connectivity index (χ3v) is 6.69. The number of fused-ring (bicyclic) bond motifs is 4. The summed E-state index contributed by atoms with van der Waals surface area (Å²) in [5.74, 6) is 1.31. The molecule has 5 heteroatoms. The van der Waals surface area contributed by atoms with Gasteiger partial charge < -0.3 is 9.47 Å².